The van der Waals surface area contributed by atoms with Gasteiger partial charge in [-0.25, -0.2) is 17.6 Å². The molecule has 1 atom stereocenters. The molecule has 0 unspecified atom stereocenters. The second kappa shape index (κ2) is 9.27. The molecular formula is C21H20FNO7S. The van der Waals surface area contributed by atoms with Crippen LogP contribution < -0.4 is 4.72 Å². The molecule has 0 aliphatic carbocycles. The van der Waals surface area contributed by atoms with Gasteiger partial charge in [0.1, 0.15) is 28.9 Å². The van der Waals surface area contributed by atoms with Crippen LogP contribution in [-0.2, 0) is 30.9 Å². The van der Waals surface area contributed by atoms with Crippen LogP contribution in [0.2, 0.25) is 0 Å². The summed E-state index contributed by atoms with van der Waals surface area (Å²) in [6.45, 7) is 2.68. The van der Waals surface area contributed by atoms with Gasteiger partial charge < -0.3 is 13.9 Å². The molecule has 31 heavy (non-hydrogen) atoms. The third-order valence-electron chi connectivity index (χ3n) is 4.33. The Balaban J connectivity index is 1.76. The van der Waals surface area contributed by atoms with Gasteiger partial charge in [0, 0.05) is 5.39 Å². The molecule has 0 aliphatic rings. The number of rotatable bonds is 8. The van der Waals surface area contributed by atoms with Crippen molar-refractivity contribution >= 4 is 32.9 Å². The van der Waals surface area contributed by atoms with Gasteiger partial charge in [-0.1, -0.05) is 30.3 Å². The SMILES string of the molecule is CCOC(=O)c1oc2ccccc2c1COC(=O)[C@@H](C)NS(=O)(=O)c1ccccc1F. The molecule has 0 fully saturated rings. The number of carbonyl (C=O) groups excluding carboxylic acids is 2. The molecular weight excluding hydrogens is 429 g/mol. The van der Waals surface area contributed by atoms with E-state index in [1.165, 1.54) is 19.1 Å². The maximum atomic E-state index is 13.8. The van der Waals surface area contributed by atoms with Gasteiger partial charge in [0.25, 0.3) is 0 Å². The molecule has 0 amide bonds. The number of furan rings is 1. The fraction of sp³-hybridized carbons (Fsp3) is 0.238. The molecule has 0 aliphatic heterocycles. The normalized spacial score (nSPS) is 12.5. The van der Waals surface area contributed by atoms with Crippen molar-refractivity contribution < 1.29 is 36.3 Å². The van der Waals surface area contributed by atoms with Gasteiger partial charge in [0.2, 0.25) is 15.8 Å². The molecule has 8 nitrogen and oxygen atoms in total. The van der Waals surface area contributed by atoms with Crippen LogP contribution in [0, 0.1) is 5.82 Å². The Morgan fingerprint density at radius 2 is 1.77 bits per heavy atom. The van der Waals surface area contributed by atoms with Gasteiger partial charge in [0.15, 0.2) is 0 Å². The molecule has 164 valence electrons. The number of hydrogen-bond acceptors (Lipinski definition) is 7. The number of esters is 2. The molecule has 1 N–H and O–H groups in total. The maximum Gasteiger partial charge on any atom is 0.374 e. The van der Waals surface area contributed by atoms with Gasteiger partial charge in [-0.3, -0.25) is 4.79 Å². The number of ether oxygens (including phenoxy) is 2. The molecule has 0 bridgehead atoms. The van der Waals surface area contributed by atoms with Gasteiger partial charge in [-0.05, 0) is 32.0 Å². The summed E-state index contributed by atoms with van der Waals surface area (Å²) in [5.74, 6) is -2.67. The fourth-order valence-electron chi connectivity index (χ4n) is 2.88. The van der Waals surface area contributed by atoms with Gasteiger partial charge in [-0.2, -0.15) is 4.72 Å². The molecule has 1 aromatic heterocycles. The number of nitrogens with one attached hydrogen (secondary N) is 1. The minimum atomic E-state index is -4.29. The van der Waals surface area contributed by atoms with E-state index < -0.39 is 38.7 Å². The van der Waals surface area contributed by atoms with Crippen LogP contribution in [0.3, 0.4) is 0 Å². The van der Waals surface area contributed by atoms with E-state index >= 15 is 0 Å². The first-order valence-electron chi connectivity index (χ1n) is 9.35. The summed E-state index contributed by atoms with van der Waals surface area (Å²) in [6.07, 6.45) is 0. The minimum Gasteiger partial charge on any atom is -0.460 e. The highest BCUT2D eigenvalue weighted by molar-refractivity contribution is 7.89. The molecule has 0 saturated carbocycles. The largest absolute Gasteiger partial charge is 0.460 e. The first kappa shape index (κ1) is 22.4. The Morgan fingerprint density at radius 3 is 2.48 bits per heavy atom. The van der Waals surface area contributed by atoms with Crippen LogP contribution in [0.25, 0.3) is 11.0 Å². The number of halogens is 1. The lowest BCUT2D eigenvalue weighted by Gasteiger charge is -2.14. The van der Waals surface area contributed by atoms with E-state index in [4.69, 9.17) is 13.9 Å². The van der Waals surface area contributed by atoms with Crippen molar-refractivity contribution in [1.82, 2.24) is 4.72 Å². The lowest BCUT2D eigenvalue weighted by Crippen LogP contribution is -2.39. The van der Waals surface area contributed by atoms with Gasteiger partial charge in [0.05, 0.1) is 12.2 Å². The zero-order valence-corrected chi connectivity index (χ0v) is 17.6. The summed E-state index contributed by atoms with van der Waals surface area (Å²) in [5, 5.41) is 0.554. The van der Waals surface area contributed by atoms with E-state index in [9.17, 15) is 22.4 Å². The maximum absolute atomic E-state index is 13.8. The number of fused-ring (bicyclic) bond motifs is 1. The number of sulfonamides is 1. The predicted octanol–water partition coefficient (Wildman–Crippen LogP) is 3.16. The highest BCUT2D eigenvalue weighted by atomic mass is 32.2. The fourth-order valence-corrected chi connectivity index (χ4v) is 4.15. The van der Waals surface area contributed by atoms with E-state index in [1.807, 2.05) is 0 Å². The summed E-state index contributed by atoms with van der Waals surface area (Å²) in [4.78, 5) is 24.0. The molecule has 3 aromatic rings. The highest BCUT2D eigenvalue weighted by Crippen LogP contribution is 2.27. The van der Waals surface area contributed by atoms with Crippen LogP contribution in [0.1, 0.15) is 30.0 Å². The molecule has 3 rings (SSSR count). The summed E-state index contributed by atoms with van der Waals surface area (Å²) < 4.78 is 56.3. The van der Waals surface area contributed by atoms with Crippen molar-refractivity contribution in [2.75, 3.05) is 6.61 Å². The number of para-hydroxylation sites is 1. The van der Waals surface area contributed by atoms with Crippen LogP contribution in [0.4, 0.5) is 4.39 Å². The van der Waals surface area contributed by atoms with Gasteiger partial charge >= 0.3 is 11.9 Å². The first-order chi connectivity index (χ1) is 14.7. The Hall–Kier alpha value is -3.24. The third-order valence-corrected chi connectivity index (χ3v) is 5.90. The summed E-state index contributed by atoms with van der Waals surface area (Å²) in [6, 6.07) is 10.3. The standard InChI is InChI=1S/C21H20FNO7S/c1-3-28-21(25)19-15(14-8-4-6-10-17(14)30-19)12-29-20(24)13(2)23-31(26,27)18-11-7-5-9-16(18)22/h4-11,13,23H,3,12H2,1-2H3/t13-/m1/s1. The number of benzene rings is 2. The smallest absolute Gasteiger partial charge is 0.374 e. The van der Waals surface area contributed by atoms with E-state index in [1.54, 1.807) is 31.2 Å². The van der Waals surface area contributed by atoms with Crippen LogP contribution in [0.15, 0.2) is 57.8 Å². The average Bonchev–Trinajstić information content (AvgIpc) is 3.10. The van der Waals surface area contributed by atoms with Crippen molar-refractivity contribution in [1.29, 1.82) is 0 Å². The summed E-state index contributed by atoms with van der Waals surface area (Å²) >= 11 is 0. The van der Waals surface area contributed by atoms with Crippen LogP contribution >= 0.6 is 0 Å². The van der Waals surface area contributed by atoms with Crippen molar-refractivity contribution in [3.05, 3.63) is 65.7 Å². The zero-order chi connectivity index (χ0) is 22.6. The average molecular weight is 449 g/mol. The van der Waals surface area contributed by atoms with E-state index in [2.05, 4.69) is 4.72 Å². The predicted molar refractivity (Wildman–Crippen MR) is 108 cm³/mol. The first-order valence-corrected chi connectivity index (χ1v) is 10.8. The Bertz CT molecular complexity index is 1220. The zero-order valence-electron chi connectivity index (χ0n) is 16.8. The Kier molecular flexibility index (Phi) is 6.71. The molecule has 0 saturated heterocycles. The Morgan fingerprint density at radius 1 is 1.10 bits per heavy atom. The molecule has 2 aromatic carbocycles. The number of carbonyl (C=O) groups is 2. The van der Waals surface area contributed by atoms with Crippen LogP contribution in [-0.4, -0.2) is 33.0 Å². The highest BCUT2D eigenvalue weighted by Gasteiger charge is 2.27. The monoisotopic (exact) mass is 449 g/mol. The second-order valence-electron chi connectivity index (χ2n) is 6.51. The van der Waals surface area contributed by atoms with E-state index in [-0.39, 0.29) is 19.0 Å². The van der Waals surface area contributed by atoms with Crippen molar-refractivity contribution in [3.63, 3.8) is 0 Å². The van der Waals surface area contributed by atoms with Crippen molar-refractivity contribution in [2.24, 2.45) is 0 Å². The molecule has 10 heteroatoms. The van der Waals surface area contributed by atoms with E-state index in [0.717, 1.165) is 12.1 Å². The lowest BCUT2D eigenvalue weighted by atomic mass is 10.1. The minimum absolute atomic E-state index is 0.101. The second-order valence-corrected chi connectivity index (χ2v) is 8.19. The van der Waals surface area contributed by atoms with Crippen LogP contribution in [0.5, 0.6) is 0 Å². The Labute approximate surface area is 178 Å². The third kappa shape index (κ3) is 4.92. The molecule has 0 spiro atoms. The van der Waals surface area contributed by atoms with E-state index in [0.29, 0.717) is 16.5 Å². The lowest BCUT2D eigenvalue weighted by molar-refractivity contribution is -0.146. The molecule has 1 heterocycles. The number of hydrogen-bond donors (Lipinski definition) is 1. The summed E-state index contributed by atoms with van der Waals surface area (Å²) in [5.41, 5.74) is 0.705. The quantitative estimate of drug-likeness (QED) is 0.526. The topological polar surface area (TPSA) is 112 Å². The van der Waals surface area contributed by atoms with Crippen molar-refractivity contribution in [2.45, 2.75) is 31.4 Å². The van der Waals surface area contributed by atoms with Crippen molar-refractivity contribution in [3.8, 4) is 0 Å². The molecule has 0 radical (unpaired) electrons. The summed E-state index contributed by atoms with van der Waals surface area (Å²) in [7, 11) is -4.29. The van der Waals surface area contributed by atoms with Gasteiger partial charge in [-0.15, -0.1) is 0 Å².